The number of non-ortho nitro benzene ring substituents is 1. The Balaban J connectivity index is 1.82. The molecule has 27 heavy (non-hydrogen) atoms. The number of nitrogens with zero attached hydrogens (tertiary/aromatic N) is 2. The molecule has 1 heterocycles. The van der Waals surface area contributed by atoms with E-state index in [1.54, 1.807) is 30.3 Å². The summed E-state index contributed by atoms with van der Waals surface area (Å²) in [7, 11) is 0. The van der Waals surface area contributed by atoms with E-state index in [1.165, 1.54) is 42.5 Å². The molecule has 2 aromatic carbocycles. The van der Waals surface area contributed by atoms with E-state index < -0.39 is 15.6 Å². The highest BCUT2D eigenvalue weighted by Gasteiger charge is 2.17. The van der Waals surface area contributed by atoms with Crippen molar-refractivity contribution in [3.05, 3.63) is 98.3 Å². The second-order valence-electron chi connectivity index (χ2n) is 5.48. The number of carbonyl (C=O) groups excluding carboxylic acids is 1. The highest BCUT2D eigenvalue weighted by Crippen LogP contribution is 2.26. The van der Waals surface area contributed by atoms with Crippen molar-refractivity contribution in [3.63, 3.8) is 0 Å². The lowest BCUT2D eigenvalue weighted by molar-refractivity contribution is -0.385. The van der Waals surface area contributed by atoms with E-state index in [1.807, 2.05) is 0 Å². The average molecular weight is 364 g/mol. The summed E-state index contributed by atoms with van der Waals surface area (Å²) in [5.41, 5.74) is 0.162. The van der Waals surface area contributed by atoms with E-state index in [0.29, 0.717) is 17.1 Å². The van der Waals surface area contributed by atoms with E-state index in [9.17, 15) is 25.0 Å². The van der Waals surface area contributed by atoms with Crippen molar-refractivity contribution in [1.82, 2.24) is 0 Å². The van der Waals surface area contributed by atoms with E-state index in [2.05, 4.69) is 0 Å². The smallest absolute Gasteiger partial charge is 0.280 e. The first-order valence-electron chi connectivity index (χ1n) is 7.76. The Morgan fingerprint density at radius 3 is 2.44 bits per heavy atom. The van der Waals surface area contributed by atoms with E-state index in [0.717, 1.165) is 0 Å². The van der Waals surface area contributed by atoms with Crippen molar-refractivity contribution in [1.29, 1.82) is 0 Å². The van der Waals surface area contributed by atoms with Crippen LogP contribution in [-0.2, 0) is 0 Å². The molecular weight excluding hydrogens is 352 g/mol. The predicted molar refractivity (Wildman–Crippen MR) is 97.3 cm³/mol. The monoisotopic (exact) mass is 364 g/mol. The van der Waals surface area contributed by atoms with Crippen molar-refractivity contribution >= 4 is 23.2 Å². The van der Waals surface area contributed by atoms with Crippen LogP contribution in [0.4, 0.5) is 11.4 Å². The molecule has 3 aromatic rings. The van der Waals surface area contributed by atoms with Crippen LogP contribution >= 0.6 is 0 Å². The summed E-state index contributed by atoms with van der Waals surface area (Å²) in [6, 6.07) is 14.8. The molecule has 8 nitrogen and oxygen atoms in total. The number of allylic oxidation sites excluding steroid dienone is 1. The normalized spacial score (nSPS) is 10.8. The molecule has 0 radical (unpaired) electrons. The molecule has 0 N–H and O–H groups in total. The fraction of sp³-hybridized carbons (Fsp3) is 0. The summed E-state index contributed by atoms with van der Waals surface area (Å²) in [4.78, 5) is 33.0. The number of furan rings is 1. The third-order valence-corrected chi connectivity index (χ3v) is 3.73. The topological polar surface area (TPSA) is 116 Å². The van der Waals surface area contributed by atoms with Gasteiger partial charge in [0.05, 0.1) is 15.4 Å². The molecule has 0 bridgehead atoms. The Morgan fingerprint density at radius 2 is 1.70 bits per heavy atom. The minimum atomic E-state index is -0.617. The van der Waals surface area contributed by atoms with Crippen LogP contribution in [0.2, 0.25) is 0 Å². The maximum Gasteiger partial charge on any atom is 0.280 e. The molecule has 8 heteroatoms. The zero-order chi connectivity index (χ0) is 19.4. The van der Waals surface area contributed by atoms with Gasteiger partial charge in [0.15, 0.2) is 5.78 Å². The fourth-order valence-corrected chi connectivity index (χ4v) is 2.46. The summed E-state index contributed by atoms with van der Waals surface area (Å²) in [5.74, 6) is 0.204. The van der Waals surface area contributed by atoms with Crippen LogP contribution < -0.4 is 0 Å². The van der Waals surface area contributed by atoms with Crippen molar-refractivity contribution in [2.75, 3.05) is 0 Å². The molecule has 0 saturated heterocycles. The minimum absolute atomic E-state index is 0.0239. The van der Waals surface area contributed by atoms with Crippen LogP contribution in [0.15, 0.2) is 71.2 Å². The second-order valence-corrected chi connectivity index (χ2v) is 5.48. The molecular formula is C19H12N2O6. The lowest BCUT2D eigenvalue weighted by Gasteiger charge is -1.98. The Bertz CT molecular complexity index is 1070. The van der Waals surface area contributed by atoms with Gasteiger partial charge in [-0.25, -0.2) is 0 Å². The number of hydrogen-bond acceptors (Lipinski definition) is 6. The number of ketones is 1. The molecule has 134 valence electrons. The van der Waals surface area contributed by atoms with Crippen molar-refractivity contribution in [2.45, 2.75) is 0 Å². The average Bonchev–Trinajstić information content (AvgIpc) is 3.15. The molecule has 0 atom stereocenters. The van der Waals surface area contributed by atoms with Crippen LogP contribution in [-0.4, -0.2) is 15.6 Å². The lowest BCUT2D eigenvalue weighted by atomic mass is 10.1. The number of carbonyl (C=O) groups is 1. The molecule has 0 aliphatic heterocycles. The van der Waals surface area contributed by atoms with Gasteiger partial charge >= 0.3 is 0 Å². The minimum Gasteiger partial charge on any atom is -0.457 e. The molecule has 0 fully saturated rings. The van der Waals surface area contributed by atoms with Crippen LogP contribution in [0.1, 0.15) is 16.1 Å². The van der Waals surface area contributed by atoms with Gasteiger partial charge in [0.2, 0.25) is 0 Å². The van der Waals surface area contributed by atoms with Gasteiger partial charge in [-0.2, -0.15) is 0 Å². The molecule has 1 aromatic heterocycles. The molecule has 0 amide bonds. The number of nitro benzene ring substituents is 2. The predicted octanol–water partition coefficient (Wildman–Crippen LogP) is 4.66. The van der Waals surface area contributed by atoms with Gasteiger partial charge in [-0.15, -0.1) is 0 Å². The number of para-hydroxylation sites is 1. The SMILES string of the molecule is O=C(/C=C/c1ccc(-c2cccc([N+](=O)[O-])c2)o1)c1ccccc1[N+](=O)[O-]. The van der Waals surface area contributed by atoms with Gasteiger partial charge in [-0.3, -0.25) is 25.0 Å². The Morgan fingerprint density at radius 1 is 0.926 bits per heavy atom. The maximum atomic E-state index is 12.2. The van der Waals surface area contributed by atoms with Gasteiger partial charge in [-0.05, 0) is 30.4 Å². The van der Waals surface area contributed by atoms with Gasteiger partial charge < -0.3 is 4.42 Å². The summed E-state index contributed by atoms with van der Waals surface area (Å²) >= 11 is 0. The summed E-state index contributed by atoms with van der Waals surface area (Å²) in [6.45, 7) is 0. The highest BCUT2D eigenvalue weighted by molar-refractivity contribution is 6.09. The molecule has 3 rings (SSSR count). The fourth-order valence-electron chi connectivity index (χ4n) is 2.46. The molecule has 0 aliphatic rings. The third-order valence-electron chi connectivity index (χ3n) is 3.73. The first-order chi connectivity index (χ1) is 13.0. The van der Waals surface area contributed by atoms with Crippen LogP contribution in [0, 0.1) is 20.2 Å². The van der Waals surface area contributed by atoms with Crippen molar-refractivity contribution in [3.8, 4) is 11.3 Å². The summed E-state index contributed by atoms with van der Waals surface area (Å²) < 4.78 is 5.57. The number of hydrogen-bond donors (Lipinski definition) is 0. The van der Waals surface area contributed by atoms with E-state index in [4.69, 9.17) is 4.42 Å². The summed E-state index contributed by atoms with van der Waals surface area (Å²) in [6.07, 6.45) is 2.57. The molecule has 0 unspecified atom stereocenters. The zero-order valence-electron chi connectivity index (χ0n) is 13.8. The first kappa shape index (κ1) is 17.7. The first-order valence-corrected chi connectivity index (χ1v) is 7.76. The quantitative estimate of drug-likeness (QED) is 0.272. The van der Waals surface area contributed by atoms with Gasteiger partial charge in [0.25, 0.3) is 11.4 Å². The zero-order valence-corrected chi connectivity index (χ0v) is 13.8. The highest BCUT2D eigenvalue weighted by atomic mass is 16.6. The molecule has 0 saturated carbocycles. The van der Waals surface area contributed by atoms with Crippen LogP contribution in [0.5, 0.6) is 0 Å². The number of nitro groups is 2. The largest absolute Gasteiger partial charge is 0.457 e. The Labute approximate surface area is 152 Å². The Kier molecular flexibility index (Phi) is 4.89. The van der Waals surface area contributed by atoms with E-state index >= 15 is 0 Å². The Hall–Kier alpha value is -4.07. The van der Waals surface area contributed by atoms with Gasteiger partial charge in [0.1, 0.15) is 11.5 Å². The number of benzene rings is 2. The standard InChI is InChI=1S/C19H12N2O6/c22-18(16-6-1-2-7-17(16)21(25)26)10-8-15-9-11-19(27-15)13-4-3-5-14(12-13)20(23)24/h1-12H/b10-8+. The van der Waals surface area contributed by atoms with Crippen molar-refractivity contribution in [2.24, 2.45) is 0 Å². The van der Waals surface area contributed by atoms with Gasteiger partial charge in [-0.1, -0.05) is 24.3 Å². The van der Waals surface area contributed by atoms with Crippen LogP contribution in [0.25, 0.3) is 17.4 Å². The number of rotatable bonds is 6. The maximum absolute atomic E-state index is 12.2. The second kappa shape index (κ2) is 7.44. The lowest BCUT2D eigenvalue weighted by Crippen LogP contribution is -2.00. The van der Waals surface area contributed by atoms with E-state index in [-0.39, 0.29) is 16.9 Å². The third kappa shape index (κ3) is 3.96. The summed E-state index contributed by atoms with van der Waals surface area (Å²) in [5, 5.41) is 21.9. The molecule has 0 aliphatic carbocycles. The van der Waals surface area contributed by atoms with Crippen LogP contribution in [0.3, 0.4) is 0 Å². The molecule has 0 spiro atoms. The van der Waals surface area contributed by atoms with Gasteiger partial charge in [0, 0.05) is 23.8 Å². The van der Waals surface area contributed by atoms with Crippen molar-refractivity contribution < 1.29 is 19.1 Å².